The van der Waals surface area contributed by atoms with Crippen molar-refractivity contribution in [1.29, 1.82) is 0 Å². The topological polar surface area (TPSA) is 58.6 Å². The molecular weight excluding hydrogens is 482 g/mol. The maximum Gasteiger partial charge on any atom is 0.261 e. The van der Waals surface area contributed by atoms with Crippen LogP contribution in [-0.4, -0.2) is 34.9 Å². The standard InChI is InChI=1S/C22H24Cl4N2O3/c1-13(21(30)27-22(2,3)4)28(11-14-5-7-16(24)17(25)9-14)20(29)12-31-19-8-6-15(23)10-18(19)26/h5-10,13H,11-12H2,1-4H3,(H,27,30). The number of halogens is 4. The van der Waals surface area contributed by atoms with Gasteiger partial charge in [-0.2, -0.15) is 0 Å². The van der Waals surface area contributed by atoms with E-state index in [4.69, 9.17) is 51.1 Å². The average molecular weight is 506 g/mol. The lowest BCUT2D eigenvalue weighted by molar-refractivity contribution is -0.142. The number of amides is 2. The van der Waals surface area contributed by atoms with Crippen molar-refractivity contribution >= 4 is 58.2 Å². The third kappa shape index (κ3) is 7.76. The lowest BCUT2D eigenvalue weighted by atomic mass is 10.1. The molecule has 31 heavy (non-hydrogen) atoms. The summed E-state index contributed by atoms with van der Waals surface area (Å²) in [5.41, 5.74) is 0.277. The zero-order valence-electron chi connectivity index (χ0n) is 17.6. The number of ether oxygens (including phenoxy) is 1. The first-order chi connectivity index (χ1) is 14.4. The SMILES string of the molecule is CC(C(=O)NC(C)(C)C)N(Cc1ccc(Cl)c(Cl)c1)C(=O)COc1ccc(Cl)cc1Cl. The number of carbonyl (C=O) groups is 2. The maximum absolute atomic E-state index is 13.1. The quantitative estimate of drug-likeness (QED) is 0.501. The first-order valence-corrected chi connectivity index (χ1v) is 11.0. The number of rotatable bonds is 7. The minimum atomic E-state index is -0.759. The second-order valence-electron chi connectivity index (χ2n) is 8.05. The van der Waals surface area contributed by atoms with Gasteiger partial charge in [-0.05, 0) is 63.6 Å². The van der Waals surface area contributed by atoms with Gasteiger partial charge in [0, 0.05) is 17.1 Å². The predicted molar refractivity (Wildman–Crippen MR) is 126 cm³/mol. The molecule has 0 aromatic heterocycles. The molecule has 0 fully saturated rings. The Morgan fingerprint density at radius 3 is 2.26 bits per heavy atom. The van der Waals surface area contributed by atoms with Gasteiger partial charge in [-0.15, -0.1) is 0 Å². The third-order valence-corrected chi connectivity index (χ3v) is 5.52. The minimum Gasteiger partial charge on any atom is -0.482 e. The minimum absolute atomic E-state index is 0.145. The Hall–Kier alpha value is -1.66. The van der Waals surface area contributed by atoms with Crippen LogP contribution in [0.4, 0.5) is 0 Å². The lowest BCUT2D eigenvalue weighted by Gasteiger charge is -2.31. The number of benzene rings is 2. The van der Waals surface area contributed by atoms with Gasteiger partial charge in [0.25, 0.3) is 5.91 Å². The highest BCUT2D eigenvalue weighted by molar-refractivity contribution is 6.42. The van der Waals surface area contributed by atoms with E-state index in [0.717, 1.165) is 5.56 Å². The molecule has 0 heterocycles. The summed E-state index contributed by atoms with van der Waals surface area (Å²) >= 11 is 24.1. The fourth-order valence-corrected chi connectivity index (χ4v) is 3.49. The van der Waals surface area contributed by atoms with Crippen molar-refractivity contribution in [3.05, 3.63) is 62.1 Å². The van der Waals surface area contributed by atoms with Gasteiger partial charge in [-0.1, -0.05) is 52.5 Å². The van der Waals surface area contributed by atoms with E-state index in [9.17, 15) is 9.59 Å². The number of nitrogens with one attached hydrogen (secondary N) is 1. The van der Waals surface area contributed by atoms with E-state index in [1.165, 1.54) is 11.0 Å². The average Bonchev–Trinajstić information content (AvgIpc) is 2.66. The Morgan fingerprint density at radius 1 is 1.00 bits per heavy atom. The fourth-order valence-electron chi connectivity index (χ4n) is 2.71. The smallest absolute Gasteiger partial charge is 0.261 e. The fraction of sp³-hybridized carbons (Fsp3) is 0.364. The van der Waals surface area contributed by atoms with E-state index in [0.29, 0.717) is 20.8 Å². The molecule has 9 heteroatoms. The van der Waals surface area contributed by atoms with Crippen LogP contribution in [0.25, 0.3) is 0 Å². The molecular formula is C22H24Cl4N2O3. The largest absolute Gasteiger partial charge is 0.482 e. The first-order valence-electron chi connectivity index (χ1n) is 9.50. The van der Waals surface area contributed by atoms with Crippen molar-refractivity contribution in [2.75, 3.05) is 6.61 Å². The van der Waals surface area contributed by atoms with Gasteiger partial charge in [-0.3, -0.25) is 9.59 Å². The molecule has 2 rings (SSSR count). The zero-order valence-corrected chi connectivity index (χ0v) is 20.7. The number of hydrogen-bond acceptors (Lipinski definition) is 3. The molecule has 0 radical (unpaired) electrons. The highest BCUT2D eigenvalue weighted by Crippen LogP contribution is 2.28. The predicted octanol–water partition coefficient (Wildman–Crippen LogP) is 6.01. The highest BCUT2D eigenvalue weighted by atomic mass is 35.5. The molecule has 2 aromatic carbocycles. The van der Waals surface area contributed by atoms with Gasteiger partial charge in [-0.25, -0.2) is 0 Å². The van der Waals surface area contributed by atoms with Crippen LogP contribution < -0.4 is 10.1 Å². The van der Waals surface area contributed by atoms with Crippen molar-refractivity contribution in [3.8, 4) is 5.75 Å². The van der Waals surface area contributed by atoms with Crippen molar-refractivity contribution in [2.24, 2.45) is 0 Å². The molecule has 1 atom stereocenters. The summed E-state index contributed by atoms with van der Waals surface area (Å²) in [6.07, 6.45) is 0. The third-order valence-electron chi connectivity index (χ3n) is 4.25. The highest BCUT2D eigenvalue weighted by Gasteiger charge is 2.29. The van der Waals surface area contributed by atoms with Gasteiger partial charge in [0.15, 0.2) is 6.61 Å². The second kappa shape index (κ2) is 10.8. The molecule has 1 unspecified atom stereocenters. The van der Waals surface area contributed by atoms with Crippen LogP contribution in [0.5, 0.6) is 5.75 Å². The molecule has 0 spiro atoms. The zero-order chi connectivity index (χ0) is 23.3. The number of hydrogen-bond donors (Lipinski definition) is 1. The number of nitrogens with zero attached hydrogens (tertiary/aromatic N) is 1. The van der Waals surface area contributed by atoms with Gasteiger partial charge < -0.3 is 15.0 Å². The Labute approximate surface area is 202 Å². The summed E-state index contributed by atoms with van der Waals surface area (Å²) < 4.78 is 5.59. The first kappa shape index (κ1) is 25.6. The Kier molecular flexibility index (Phi) is 8.90. The summed E-state index contributed by atoms with van der Waals surface area (Å²) in [6, 6.07) is 9.01. The molecule has 0 bridgehead atoms. The Morgan fingerprint density at radius 2 is 1.68 bits per heavy atom. The number of carbonyl (C=O) groups excluding carboxylic acids is 2. The summed E-state index contributed by atoms with van der Waals surface area (Å²) in [7, 11) is 0. The maximum atomic E-state index is 13.1. The summed E-state index contributed by atoms with van der Waals surface area (Å²) in [5.74, 6) is -0.361. The van der Waals surface area contributed by atoms with Gasteiger partial charge in [0.1, 0.15) is 11.8 Å². The summed E-state index contributed by atoms with van der Waals surface area (Å²) in [4.78, 5) is 27.2. The van der Waals surface area contributed by atoms with E-state index in [1.807, 2.05) is 20.8 Å². The van der Waals surface area contributed by atoms with E-state index in [2.05, 4.69) is 5.32 Å². The van der Waals surface area contributed by atoms with Gasteiger partial charge >= 0.3 is 0 Å². The van der Waals surface area contributed by atoms with E-state index in [1.54, 1.807) is 37.3 Å². The van der Waals surface area contributed by atoms with Crippen LogP contribution in [0.2, 0.25) is 20.1 Å². The van der Waals surface area contributed by atoms with E-state index in [-0.39, 0.29) is 24.1 Å². The summed E-state index contributed by atoms with van der Waals surface area (Å²) in [6.45, 7) is 7.10. The lowest BCUT2D eigenvalue weighted by Crippen LogP contribution is -2.53. The molecule has 168 valence electrons. The monoisotopic (exact) mass is 504 g/mol. The molecule has 2 aromatic rings. The normalized spacial score (nSPS) is 12.3. The van der Waals surface area contributed by atoms with Crippen molar-refractivity contribution < 1.29 is 14.3 Å². The van der Waals surface area contributed by atoms with Gasteiger partial charge in [0.2, 0.25) is 5.91 Å². The molecule has 5 nitrogen and oxygen atoms in total. The van der Waals surface area contributed by atoms with Crippen molar-refractivity contribution in [3.63, 3.8) is 0 Å². The molecule has 0 aliphatic rings. The van der Waals surface area contributed by atoms with Crippen molar-refractivity contribution in [2.45, 2.75) is 45.8 Å². The van der Waals surface area contributed by atoms with Crippen molar-refractivity contribution in [1.82, 2.24) is 10.2 Å². The molecule has 2 amide bonds. The molecule has 0 aliphatic heterocycles. The van der Waals surface area contributed by atoms with E-state index >= 15 is 0 Å². The van der Waals surface area contributed by atoms with Crippen LogP contribution in [0, 0.1) is 0 Å². The van der Waals surface area contributed by atoms with Crippen LogP contribution >= 0.6 is 46.4 Å². The van der Waals surface area contributed by atoms with Crippen LogP contribution in [0.3, 0.4) is 0 Å². The second-order valence-corrected chi connectivity index (χ2v) is 9.71. The Bertz CT molecular complexity index is 960. The summed E-state index contributed by atoms with van der Waals surface area (Å²) in [5, 5.41) is 4.40. The molecule has 0 aliphatic carbocycles. The van der Waals surface area contributed by atoms with Crippen LogP contribution in [0.15, 0.2) is 36.4 Å². The van der Waals surface area contributed by atoms with Crippen LogP contribution in [0.1, 0.15) is 33.3 Å². The van der Waals surface area contributed by atoms with Gasteiger partial charge in [0.05, 0.1) is 15.1 Å². The Balaban J connectivity index is 2.23. The van der Waals surface area contributed by atoms with E-state index < -0.39 is 17.5 Å². The molecule has 0 saturated heterocycles. The molecule has 0 saturated carbocycles. The molecule has 1 N–H and O–H groups in total. The van der Waals surface area contributed by atoms with Crippen LogP contribution in [-0.2, 0) is 16.1 Å².